The smallest absolute Gasteiger partial charge is 0.216 e. The molecule has 1 aromatic heterocycles. The van der Waals surface area contributed by atoms with Crippen LogP contribution < -0.4 is 4.90 Å². The van der Waals surface area contributed by atoms with E-state index in [1.807, 2.05) is 6.21 Å². The number of rotatable bonds is 4. The topological polar surface area (TPSA) is 58.4 Å². The van der Waals surface area contributed by atoms with Gasteiger partial charge >= 0.3 is 0 Å². The summed E-state index contributed by atoms with van der Waals surface area (Å²) in [7, 11) is 0. The Morgan fingerprint density at radius 3 is 2.68 bits per heavy atom. The van der Waals surface area contributed by atoms with Gasteiger partial charge in [0.15, 0.2) is 5.82 Å². The Morgan fingerprint density at radius 2 is 1.96 bits per heavy atom. The van der Waals surface area contributed by atoms with E-state index in [2.05, 4.69) is 44.5 Å². The molecule has 4 rings (SSSR count). The first-order chi connectivity index (χ1) is 12.3. The molecular weight excluding hydrogens is 334 g/mol. The van der Waals surface area contributed by atoms with E-state index in [1.165, 1.54) is 24.9 Å². The third kappa shape index (κ3) is 3.67. The fourth-order valence-electron chi connectivity index (χ4n) is 3.45. The van der Waals surface area contributed by atoms with Gasteiger partial charge in [-0.05, 0) is 62.0 Å². The minimum atomic E-state index is -0.0217. The number of piperidine rings is 1. The van der Waals surface area contributed by atoms with E-state index in [-0.39, 0.29) is 6.10 Å². The summed E-state index contributed by atoms with van der Waals surface area (Å²) in [6.07, 6.45) is 7.73. The molecule has 2 fully saturated rings. The number of hydrogen-bond donors (Lipinski definition) is 1. The SMILES string of the molecule is S=c1[nH]nc([C@@H]2CCCO2)n1/N=C\c1ccc(N2CCCCC2)cc1. The van der Waals surface area contributed by atoms with Gasteiger partial charge in [0.2, 0.25) is 4.77 Å². The van der Waals surface area contributed by atoms with Crippen LogP contribution in [0.1, 0.15) is 49.6 Å². The number of aromatic nitrogens is 3. The molecule has 2 aliphatic rings. The van der Waals surface area contributed by atoms with Gasteiger partial charge in [0.1, 0.15) is 6.10 Å². The number of anilines is 1. The minimum Gasteiger partial charge on any atom is -0.372 e. The van der Waals surface area contributed by atoms with Crippen molar-refractivity contribution in [3.05, 3.63) is 40.4 Å². The highest BCUT2D eigenvalue weighted by Gasteiger charge is 2.23. The lowest BCUT2D eigenvalue weighted by Crippen LogP contribution is -2.29. The third-order valence-electron chi connectivity index (χ3n) is 4.83. The first-order valence-corrected chi connectivity index (χ1v) is 9.40. The molecule has 2 saturated heterocycles. The largest absolute Gasteiger partial charge is 0.372 e. The molecule has 1 atom stereocenters. The average molecular weight is 357 g/mol. The highest BCUT2D eigenvalue weighted by molar-refractivity contribution is 7.71. The summed E-state index contributed by atoms with van der Waals surface area (Å²) in [5.41, 5.74) is 2.33. The zero-order valence-electron chi connectivity index (χ0n) is 14.2. The number of nitrogens with one attached hydrogen (secondary N) is 1. The minimum absolute atomic E-state index is 0.0217. The van der Waals surface area contributed by atoms with Gasteiger partial charge in [-0.3, -0.25) is 5.10 Å². The summed E-state index contributed by atoms with van der Waals surface area (Å²) in [6, 6.07) is 8.54. The van der Waals surface area contributed by atoms with Crippen molar-refractivity contribution >= 4 is 24.1 Å². The Balaban J connectivity index is 1.50. The van der Waals surface area contributed by atoms with Crippen LogP contribution in [0.4, 0.5) is 5.69 Å². The molecular formula is C18H23N5OS. The molecule has 2 aliphatic heterocycles. The molecule has 1 N–H and O–H groups in total. The summed E-state index contributed by atoms with van der Waals surface area (Å²) < 4.78 is 7.86. The second kappa shape index (κ2) is 7.49. The lowest BCUT2D eigenvalue weighted by molar-refractivity contribution is 0.102. The van der Waals surface area contributed by atoms with Gasteiger partial charge in [-0.2, -0.15) is 14.9 Å². The standard InChI is InChI=1S/C18H23N5OS/c25-18-21-20-17(16-5-4-12-24-16)23(18)19-13-14-6-8-15(9-7-14)22-10-2-1-3-11-22/h6-9,13,16H,1-5,10-12H2,(H,21,25)/b19-13-/t16-/m0/s1. The van der Waals surface area contributed by atoms with E-state index in [1.54, 1.807) is 4.68 Å². The molecule has 2 aromatic rings. The van der Waals surface area contributed by atoms with Gasteiger partial charge in [0, 0.05) is 25.4 Å². The highest BCUT2D eigenvalue weighted by Crippen LogP contribution is 2.27. The zero-order valence-corrected chi connectivity index (χ0v) is 15.0. The van der Waals surface area contributed by atoms with Gasteiger partial charge in [-0.15, -0.1) is 0 Å². The Bertz CT molecular complexity index is 783. The highest BCUT2D eigenvalue weighted by atomic mass is 32.1. The van der Waals surface area contributed by atoms with Crippen LogP contribution in [-0.2, 0) is 4.74 Å². The van der Waals surface area contributed by atoms with Crippen molar-refractivity contribution in [1.82, 2.24) is 14.9 Å². The Morgan fingerprint density at radius 1 is 1.16 bits per heavy atom. The molecule has 6 nitrogen and oxygen atoms in total. The molecule has 1 aromatic carbocycles. The quantitative estimate of drug-likeness (QED) is 0.670. The number of H-pyrrole nitrogens is 1. The molecule has 0 radical (unpaired) electrons. The van der Waals surface area contributed by atoms with Crippen molar-refractivity contribution in [2.24, 2.45) is 5.10 Å². The van der Waals surface area contributed by atoms with E-state index in [9.17, 15) is 0 Å². The van der Waals surface area contributed by atoms with Crippen LogP contribution in [0, 0.1) is 4.77 Å². The van der Waals surface area contributed by atoms with Gasteiger partial charge < -0.3 is 9.64 Å². The van der Waals surface area contributed by atoms with Gasteiger partial charge in [-0.1, -0.05) is 12.1 Å². The van der Waals surface area contributed by atoms with Crippen LogP contribution in [0.5, 0.6) is 0 Å². The zero-order chi connectivity index (χ0) is 17.1. The molecule has 132 valence electrons. The normalized spacial score (nSPS) is 21.3. The van der Waals surface area contributed by atoms with Crippen molar-refractivity contribution in [2.45, 2.75) is 38.2 Å². The molecule has 0 spiro atoms. The van der Waals surface area contributed by atoms with E-state index in [4.69, 9.17) is 17.0 Å². The van der Waals surface area contributed by atoms with Crippen LogP contribution in [0.2, 0.25) is 0 Å². The molecule has 0 saturated carbocycles. The van der Waals surface area contributed by atoms with Crippen molar-refractivity contribution in [1.29, 1.82) is 0 Å². The van der Waals surface area contributed by atoms with Crippen LogP contribution in [0.15, 0.2) is 29.4 Å². The molecule has 3 heterocycles. The fraction of sp³-hybridized carbons (Fsp3) is 0.500. The summed E-state index contributed by atoms with van der Waals surface area (Å²) in [5.74, 6) is 0.753. The molecule has 7 heteroatoms. The summed E-state index contributed by atoms with van der Waals surface area (Å²) in [4.78, 5) is 2.45. The molecule has 25 heavy (non-hydrogen) atoms. The second-order valence-electron chi connectivity index (χ2n) is 6.58. The van der Waals surface area contributed by atoms with Crippen molar-refractivity contribution in [3.63, 3.8) is 0 Å². The van der Waals surface area contributed by atoms with Crippen LogP contribution >= 0.6 is 12.2 Å². The Kier molecular flexibility index (Phi) is 4.94. The first kappa shape index (κ1) is 16.5. The van der Waals surface area contributed by atoms with E-state index in [0.29, 0.717) is 4.77 Å². The maximum Gasteiger partial charge on any atom is 0.216 e. The van der Waals surface area contributed by atoms with Gasteiger partial charge in [0.25, 0.3) is 0 Å². The fourth-order valence-corrected chi connectivity index (χ4v) is 3.64. The van der Waals surface area contributed by atoms with Crippen molar-refractivity contribution in [2.75, 3.05) is 24.6 Å². The number of hydrogen-bond acceptors (Lipinski definition) is 5. The average Bonchev–Trinajstić information content (AvgIpc) is 3.31. The summed E-state index contributed by atoms with van der Waals surface area (Å²) >= 11 is 5.30. The third-order valence-corrected chi connectivity index (χ3v) is 5.09. The number of ether oxygens (including phenoxy) is 1. The van der Waals surface area contributed by atoms with E-state index >= 15 is 0 Å². The lowest BCUT2D eigenvalue weighted by Gasteiger charge is -2.28. The Hall–Kier alpha value is -1.99. The van der Waals surface area contributed by atoms with E-state index < -0.39 is 0 Å². The van der Waals surface area contributed by atoms with Gasteiger partial charge in [-0.25, -0.2) is 0 Å². The van der Waals surface area contributed by atoms with Gasteiger partial charge in [0.05, 0.1) is 6.21 Å². The Labute approximate surface area is 152 Å². The summed E-state index contributed by atoms with van der Waals surface area (Å²) in [5, 5.41) is 11.6. The van der Waals surface area contributed by atoms with Crippen LogP contribution in [0.25, 0.3) is 0 Å². The maximum atomic E-state index is 5.70. The molecule has 0 aliphatic carbocycles. The van der Waals surface area contributed by atoms with Crippen molar-refractivity contribution < 1.29 is 4.74 Å². The lowest BCUT2D eigenvalue weighted by atomic mass is 10.1. The molecule has 0 unspecified atom stereocenters. The number of benzene rings is 1. The van der Waals surface area contributed by atoms with Crippen molar-refractivity contribution in [3.8, 4) is 0 Å². The number of aromatic amines is 1. The summed E-state index contributed by atoms with van der Waals surface area (Å²) in [6.45, 7) is 3.08. The first-order valence-electron chi connectivity index (χ1n) is 8.99. The maximum absolute atomic E-state index is 5.70. The van der Waals surface area contributed by atoms with E-state index in [0.717, 1.165) is 43.9 Å². The second-order valence-corrected chi connectivity index (χ2v) is 6.97. The molecule has 0 amide bonds. The van der Waals surface area contributed by atoms with Crippen LogP contribution in [0.3, 0.4) is 0 Å². The molecule has 0 bridgehead atoms. The predicted octanol–water partition coefficient (Wildman–Crippen LogP) is 3.66. The van der Waals surface area contributed by atoms with Crippen LogP contribution in [-0.4, -0.2) is 40.8 Å². The monoisotopic (exact) mass is 357 g/mol. The predicted molar refractivity (Wildman–Crippen MR) is 101 cm³/mol. The number of nitrogens with zero attached hydrogens (tertiary/aromatic N) is 4.